The van der Waals surface area contributed by atoms with Crippen molar-refractivity contribution in [2.45, 2.75) is 51.5 Å². The second kappa shape index (κ2) is 8.05. The molecule has 1 amide bonds. The summed E-state index contributed by atoms with van der Waals surface area (Å²) in [5, 5.41) is 1.41. The van der Waals surface area contributed by atoms with Crippen LogP contribution in [0.15, 0.2) is 24.3 Å². The third-order valence-corrected chi connectivity index (χ3v) is 6.33. The highest BCUT2D eigenvalue weighted by Crippen LogP contribution is 2.32. The van der Waals surface area contributed by atoms with Crippen LogP contribution in [-0.2, 0) is 24.2 Å². The molecular weight excluding hydrogens is 334 g/mol. The van der Waals surface area contributed by atoms with Crippen LogP contribution in [0.4, 0.5) is 0 Å². The second-order valence-corrected chi connectivity index (χ2v) is 8.66. The number of carbonyl (C=O) groups is 1. The van der Waals surface area contributed by atoms with Gasteiger partial charge in [0.1, 0.15) is 0 Å². The van der Waals surface area contributed by atoms with E-state index >= 15 is 0 Å². The Hall–Kier alpha value is -1.81. The van der Waals surface area contributed by atoms with Gasteiger partial charge in [-0.15, -0.1) is 0 Å². The van der Waals surface area contributed by atoms with Crippen molar-refractivity contribution in [2.24, 2.45) is 5.92 Å². The molecule has 4 nitrogen and oxygen atoms in total. The van der Waals surface area contributed by atoms with Gasteiger partial charge in [0.05, 0.1) is 0 Å². The van der Waals surface area contributed by atoms with E-state index in [4.69, 9.17) is 0 Å². The third-order valence-electron chi connectivity index (χ3n) is 6.33. The van der Waals surface area contributed by atoms with E-state index in [0.29, 0.717) is 18.2 Å². The molecule has 1 saturated heterocycles. The number of nitrogens with zero attached hydrogens (tertiary/aromatic N) is 3. The molecule has 4 rings (SSSR count). The van der Waals surface area contributed by atoms with Gasteiger partial charge in [-0.1, -0.05) is 18.2 Å². The largest absolute Gasteiger partial charge is 0.344 e. The van der Waals surface area contributed by atoms with Crippen LogP contribution in [0.5, 0.6) is 0 Å². The molecule has 1 aliphatic carbocycles. The van der Waals surface area contributed by atoms with Gasteiger partial charge in [0.25, 0.3) is 0 Å². The Morgan fingerprint density at radius 1 is 1.15 bits per heavy atom. The summed E-state index contributed by atoms with van der Waals surface area (Å²) in [6.45, 7) is 3.78. The molecule has 27 heavy (non-hydrogen) atoms. The number of benzene rings is 1. The number of aromatic nitrogens is 1. The van der Waals surface area contributed by atoms with Crippen molar-refractivity contribution in [3.05, 3.63) is 35.5 Å². The Bertz CT molecular complexity index is 807. The summed E-state index contributed by atoms with van der Waals surface area (Å²) in [4.78, 5) is 17.3. The van der Waals surface area contributed by atoms with Gasteiger partial charge in [0.2, 0.25) is 5.91 Å². The molecule has 2 aliphatic rings. The number of carbonyl (C=O) groups excluding carboxylic acids is 1. The van der Waals surface area contributed by atoms with Gasteiger partial charge < -0.3 is 14.4 Å². The molecule has 0 bridgehead atoms. The van der Waals surface area contributed by atoms with Gasteiger partial charge in [-0.25, -0.2) is 0 Å². The van der Waals surface area contributed by atoms with Crippen LogP contribution in [0.25, 0.3) is 10.9 Å². The lowest BCUT2D eigenvalue weighted by Crippen LogP contribution is -2.43. The smallest absolute Gasteiger partial charge is 0.224 e. The summed E-state index contributed by atoms with van der Waals surface area (Å²) in [7, 11) is 4.25. The molecule has 1 aliphatic heterocycles. The summed E-state index contributed by atoms with van der Waals surface area (Å²) < 4.78 is 2.45. The number of hydrogen-bond acceptors (Lipinski definition) is 2. The molecule has 0 radical (unpaired) electrons. The molecule has 1 aromatic carbocycles. The summed E-state index contributed by atoms with van der Waals surface area (Å²) in [6, 6.07) is 8.76. The minimum atomic E-state index is 0.334. The molecule has 0 spiro atoms. The molecule has 2 heterocycles. The average molecular weight is 368 g/mol. The van der Waals surface area contributed by atoms with Crippen molar-refractivity contribution in [3.8, 4) is 0 Å². The SMILES string of the molecule is CN(C)CC1CCCN(C(=O)CCn2c3c(c4ccccc42)CCCC3)C1. The Balaban J connectivity index is 1.46. The molecule has 1 atom stereocenters. The maximum absolute atomic E-state index is 12.9. The van der Waals surface area contributed by atoms with Crippen LogP contribution >= 0.6 is 0 Å². The van der Waals surface area contributed by atoms with Crippen molar-refractivity contribution in [1.29, 1.82) is 0 Å². The Morgan fingerprint density at radius 3 is 2.81 bits per heavy atom. The Morgan fingerprint density at radius 2 is 1.96 bits per heavy atom. The fourth-order valence-electron chi connectivity index (χ4n) is 5.16. The van der Waals surface area contributed by atoms with Gasteiger partial charge in [0.15, 0.2) is 0 Å². The zero-order valence-corrected chi connectivity index (χ0v) is 16.9. The molecule has 146 valence electrons. The highest BCUT2D eigenvalue weighted by molar-refractivity contribution is 5.86. The number of para-hydroxylation sites is 1. The number of aryl methyl sites for hydroxylation is 2. The highest BCUT2D eigenvalue weighted by Gasteiger charge is 2.25. The fraction of sp³-hybridized carbons (Fsp3) is 0.609. The van der Waals surface area contributed by atoms with E-state index < -0.39 is 0 Å². The summed E-state index contributed by atoms with van der Waals surface area (Å²) in [5.41, 5.74) is 4.34. The van der Waals surface area contributed by atoms with Crippen LogP contribution in [0.2, 0.25) is 0 Å². The van der Waals surface area contributed by atoms with Crippen molar-refractivity contribution < 1.29 is 4.79 Å². The molecule has 1 fully saturated rings. The van der Waals surface area contributed by atoms with E-state index in [9.17, 15) is 4.79 Å². The maximum Gasteiger partial charge on any atom is 0.224 e. The Labute approximate surface area is 163 Å². The minimum absolute atomic E-state index is 0.334. The standard InChI is InChI=1S/C23H33N3O/c1-24(2)16-18-8-7-14-25(17-18)23(27)13-15-26-21-11-5-3-9-19(21)20-10-4-6-12-22(20)26/h3,5,9,11,18H,4,6-8,10,12-17H2,1-2H3. The van der Waals surface area contributed by atoms with Crippen LogP contribution in [0, 0.1) is 5.92 Å². The zero-order valence-electron chi connectivity index (χ0n) is 16.9. The summed E-state index contributed by atoms with van der Waals surface area (Å²) >= 11 is 0. The van der Waals surface area contributed by atoms with Crippen molar-refractivity contribution in [2.75, 3.05) is 33.7 Å². The highest BCUT2D eigenvalue weighted by atomic mass is 16.2. The number of fused-ring (bicyclic) bond motifs is 3. The van der Waals surface area contributed by atoms with E-state index in [1.54, 1.807) is 0 Å². The number of likely N-dealkylation sites (tertiary alicyclic amines) is 1. The van der Waals surface area contributed by atoms with Crippen molar-refractivity contribution >= 4 is 16.8 Å². The molecule has 0 N–H and O–H groups in total. The van der Waals surface area contributed by atoms with E-state index in [1.807, 2.05) is 0 Å². The molecule has 4 heteroatoms. The van der Waals surface area contributed by atoms with Gasteiger partial charge >= 0.3 is 0 Å². The quantitative estimate of drug-likeness (QED) is 0.806. The molecule has 2 aromatic rings. The molecule has 0 saturated carbocycles. The lowest BCUT2D eigenvalue weighted by molar-refractivity contribution is -0.133. The molecule has 1 unspecified atom stereocenters. The van der Waals surface area contributed by atoms with E-state index in [0.717, 1.165) is 39.0 Å². The topological polar surface area (TPSA) is 28.5 Å². The van der Waals surface area contributed by atoms with E-state index in [1.165, 1.54) is 47.8 Å². The van der Waals surface area contributed by atoms with Gasteiger partial charge in [-0.05, 0) is 70.2 Å². The van der Waals surface area contributed by atoms with Gasteiger partial charge in [-0.2, -0.15) is 0 Å². The van der Waals surface area contributed by atoms with Crippen molar-refractivity contribution in [1.82, 2.24) is 14.4 Å². The van der Waals surface area contributed by atoms with Crippen LogP contribution in [0.3, 0.4) is 0 Å². The number of hydrogen-bond donors (Lipinski definition) is 0. The Kier molecular flexibility index (Phi) is 5.53. The molecule has 1 aromatic heterocycles. The first-order valence-electron chi connectivity index (χ1n) is 10.6. The monoisotopic (exact) mass is 367 g/mol. The first-order chi connectivity index (χ1) is 13.1. The zero-order chi connectivity index (χ0) is 18.8. The predicted molar refractivity (Wildman–Crippen MR) is 111 cm³/mol. The van der Waals surface area contributed by atoms with E-state index in [-0.39, 0.29) is 0 Å². The first kappa shape index (κ1) is 18.5. The van der Waals surface area contributed by atoms with Gasteiger partial charge in [-0.3, -0.25) is 4.79 Å². The average Bonchev–Trinajstić information content (AvgIpc) is 3.00. The minimum Gasteiger partial charge on any atom is -0.344 e. The van der Waals surface area contributed by atoms with Crippen LogP contribution in [0.1, 0.15) is 43.4 Å². The summed E-state index contributed by atoms with van der Waals surface area (Å²) in [6.07, 6.45) is 7.93. The lowest BCUT2D eigenvalue weighted by Gasteiger charge is -2.34. The number of amides is 1. The molecular formula is C23H33N3O. The predicted octanol–water partition coefficient (Wildman–Crippen LogP) is 3.71. The van der Waals surface area contributed by atoms with E-state index in [2.05, 4.69) is 52.7 Å². The van der Waals surface area contributed by atoms with Crippen LogP contribution < -0.4 is 0 Å². The lowest BCUT2D eigenvalue weighted by atomic mass is 9.95. The van der Waals surface area contributed by atoms with Gasteiger partial charge in [0, 0.05) is 49.2 Å². The second-order valence-electron chi connectivity index (χ2n) is 8.66. The third kappa shape index (κ3) is 3.91. The number of piperidine rings is 1. The fourth-order valence-corrected chi connectivity index (χ4v) is 5.16. The summed E-state index contributed by atoms with van der Waals surface area (Å²) in [5.74, 6) is 0.957. The maximum atomic E-state index is 12.9. The first-order valence-corrected chi connectivity index (χ1v) is 10.6. The van der Waals surface area contributed by atoms with Crippen molar-refractivity contribution in [3.63, 3.8) is 0 Å². The normalized spacial score (nSPS) is 20.3. The number of rotatable bonds is 5. The van der Waals surface area contributed by atoms with Crippen LogP contribution in [-0.4, -0.2) is 54.0 Å².